The maximum absolute atomic E-state index is 6.15. The van der Waals surface area contributed by atoms with E-state index in [1.807, 2.05) is 37.3 Å². The van der Waals surface area contributed by atoms with Gasteiger partial charge in [0.15, 0.2) is 0 Å². The van der Waals surface area contributed by atoms with Gasteiger partial charge in [0.05, 0.1) is 10.7 Å². The summed E-state index contributed by atoms with van der Waals surface area (Å²) in [6.07, 6.45) is 0. The average molecular weight is 313 g/mol. The van der Waals surface area contributed by atoms with Crippen LogP contribution in [-0.2, 0) is 0 Å². The molecule has 0 saturated heterocycles. The van der Waals surface area contributed by atoms with Gasteiger partial charge >= 0.3 is 0 Å². The fraction of sp³-hybridized carbons (Fsp3) is 0.167. The minimum Gasteiger partial charge on any atom is -0.369 e. The van der Waals surface area contributed by atoms with Crippen LogP contribution in [0, 0.1) is 0 Å². The lowest BCUT2D eigenvalue weighted by molar-refractivity contribution is 1.02. The van der Waals surface area contributed by atoms with Crippen LogP contribution in [-0.4, -0.2) is 16.7 Å². The summed E-state index contributed by atoms with van der Waals surface area (Å²) in [7, 11) is 0. The van der Waals surface area contributed by atoms with Crippen molar-refractivity contribution in [3.8, 4) is 11.3 Å². The van der Waals surface area contributed by atoms with E-state index in [1.165, 1.54) is 0 Å². The zero-order valence-electron chi connectivity index (χ0n) is 9.24. The number of nitrogens with one attached hydrogen (secondary N) is 1. The van der Waals surface area contributed by atoms with Gasteiger partial charge in [-0.15, -0.1) is 10.2 Å². The van der Waals surface area contributed by atoms with Crippen molar-refractivity contribution < 1.29 is 0 Å². The molecular weight excluding hydrogens is 302 g/mol. The Kier molecular flexibility index (Phi) is 3.97. The number of halogens is 2. The highest BCUT2D eigenvalue weighted by Crippen LogP contribution is 2.29. The van der Waals surface area contributed by atoms with E-state index in [-0.39, 0.29) is 0 Å². The van der Waals surface area contributed by atoms with Crippen LogP contribution >= 0.6 is 27.5 Å². The van der Waals surface area contributed by atoms with Gasteiger partial charge in [0.1, 0.15) is 5.82 Å². The van der Waals surface area contributed by atoms with Crippen LogP contribution in [0.5, 0.6) is 0 Å². The fourth-order valence-corrected chi connectivity index (χ4v) is 2.22. The second kappa shape index (κ2) is 5.47. The summed E-state index contributed by atoms with van der Waals surface area (Å²) in [4.78, 5) is 0. The molecule has 5 heteroatoms. The van der Waals surface area contributed by atoms with Crippen molar-refractivity contribution in [2.45, 2.75) is 6.92 Å². The van der Waals surface area contributed by atoms with Crippen molar-refractivity contribution in [2.75, 3.05) is 11.9 Å². The van der Waals surface area contributed by atoms with Crippen LogP contribution in [0.15, 0.2) is 34.8 Å². The Morgan fingerprint density at radius 3 is 2.65 bits per heavy atom. The Bertz CT molecular complexity index is 514. The predicted molar refractivity (Wildman–Crippen MR) is 74.3 cm³/mol. The summed E-state index contributed by atoms with van der Waals surface area (Å²) in [6, 6.07) is 9.49. The molecule has 0 spiro atoms. The number of benzene rings is 1. The molecule has 0 unspecified atom stereocenters. The molecule has 1 heterocycles. The first kappa shape index (κ1) is 12.3. The summed E-state index contributed by atoms with van der Waals surface area (Å²) >= 11 is 9.52. The first-order valence-electron chi connectivity index (χ1n) is 5.23. The molecule has 1 aromatic heterocycles. The summed E-state index contributed by atoms with van der Waals surface area (Å²) in [5.74, 6) is 0.768. The zero-order chi connectivity index (χ0) is 12.3. The maximum atomic E-state index is 6.15. The van der Waals surface area contributed by atoms with Crippen molar-refractivity contribution in [1.29, 1.82) is 0 Å². The molecule has 2 aromatic rings. The van der Waals surface area contributed by atoms with Gasteiger partial charge in [-0.05, 0) is 31.2 Å². The highest BCUT2D eigenvalue weighted by Gasteiger charge is 2.06. The number of aromatic nitrogens is 2. The molecule has 0 amide bonds. The SMILES string of the molecule is CCNc1ccc(-c2ccc(Br)cc2Cl)nn1. The van der Waals surface area contributed by atoms with Gasteiger partial charge in [0, 0.05) is 16.6 Å². The molecule has 2 rings (SSSR count). The molecule has 1 N–H and O–H groups in total. The molecule has 0 aliphatic heterocycles. The highest BCUT2D eigenvalue weighted by molar-refractivity contribution is 9.10. The molecule has 0 saturated carbocycles. The molecule has 17 heavy (non-hydrogen) atoms. The van der Waals surface area contributed by atoms with Gasteiger partial charge in [0.2, 0.25) is 0 Å². The first-order chi connectivity index (χ1) is 8.20. The lowest BCUT2D eigenvalue weighted by Gasteiger charge is -2.05. The van der Waals surface area contributed by atoms with Crippen molar-refractivity contribution >= 4 is 33.3 Å². The van der Waals surface area contributed by atoms with Crippen LogP contribution in [0.1, 0.15) is 6.92 Å². The minimum atomic E-state index is 0.657. The summed E-state index contributed by atoms with van der Waals surface area (Å²) < 4.78 is 0.948. The molecule has 0 aliphatic carbocycles. The van der Waals surface area contributed by atoms with Gasteiger partial charge in [-0.3, -0.25) is 0 Å². The van der Waals surface area contributed by atoms with E-state index in [2.05, 4.69) is 31.4 Å². The van der Waals surface area contributed by atoms with Crippen molar-refractivity contribution in [3.63, 3.8) is 0 Å². The molecule has 88 valence electrons. The maximum Gasteiger partial charge on any atom is 0.148 e. The first-order valence-corrected chi connectivity index (χ1v) is 6.41. The Morgan fingerprint density at radius 1 is 1.24 bits per heavy atom. The third kappa shape index (κ3) is 2.96. The number of hydrogen-bond acceptors (Lipinski definition) is 3. The molecule has 0 fully saturated rings. The third-order valence-electron chi connectivity index (χ3n) is 2.23. The molecule has 1 aromatic carbocycles. The smallest absolute Gasteiger partial charge is 0.148 e. The minimum absolute atomic E-state index is 0.657. The lowest BCUT2D eigenvalue weighted by Crippen LogP contribution is -2.00. The summed E-state index contributed by atoms with van der Waals surface area (Å²) in [5.41, 5.74) is 1.65. The van der Waals surface area contributed by atoms with Crippen LogP contribution in [0.3, 0.4) is 0 Å². The normalized spacial score (nSPS) is 10.3. The predicted octanol–water partition coefficient (Wildman–Crippen LogP) is 3.99. The monoisotopic (exact) mass is 311 g/mol. The van der Waals surface area contributed by atoms with E-state index in [0.29, 0.717) is 5.02 Å². The van der Waals surface area contributed by atoms with Crippen molar-refractivity contribution in [2.24, 2.45) is 0 Å². The van der Waals surface area contributed by atoms with Gasteiger partial charge in [-0.2, -0.15) is 0 Å². The van der Waals surface area contributed by atoms with E-state index in [0.717, 1.165) is 28.1 Å². The number of rotatable bonds is 3. The van der Waals surface area contributed by atoms with Gasteiger partial charge in [0.25, 0.3) is 0 Å². The molecule has 0 radical (unpaired) electrons. The summed E-state index contributed by atoms with van der Waals surface area (Å²) in [6.45, 7) is 2.84. The fourth-order valence-electron chi connectivity index (χ4n) is 1.45. The van der Waals surface area contributed by atoms with Crippen LogP contribution in [0.25, 0.3) is 11.3 Å². The zero-order valence-corrected chi connectivity index (χ0v) is 11.6. The standard InChI is InChI=1S/C12H11BrClN3/c1-2-15-12-6-5-11(16-17-12)9-4-3-8(13)7-10(9)14/h3-7H,2H2,1H3,(H,15,17). The number of nitrogens with zero attached hydrogens (tertiary/aromatic N) is 2. The molecule has 0 bridgehead atoms. The Morgan fingerprint density at radius 2 is 2.06 bits per heavy atom. The Labute approximate surface area is 113 Å². The Hall–Kier alpha value is -1.13. The van der Waals surface area contributed by atoms with Crippen LogP contribution < -0.4 is 5.32 Å². The third-order valence-corrected chi connectivity index (χ3v) is 3.04. The van der Waals surface area contributed by atoms with E-state index >= 15 is 0 Å². The average Bonchev–Trinajstić information content (AvgIpc) is 2.31. The molecule has 0 aliphatic rings. The van der Waals surface area contributed by atoms with E-state index in [4.69, 9.17) is 11.6 Å². The van der Waals surface area contributed by atoms with E-state index < -0.39 is 0 Å². The lowest BCUT2D eigenvalue weighted by atomic mass is 10.1. The van der Waals surface area contributed by atoms with Crippen molar-refractivity contribution in [1.82, 2.24) is 10.2 Å². The van der Waals surface area contributed by atoms with Crippen LogP contribution in [0.2, 0.25) is 5.02 Å². The largest absolute Gasteiger partial charge is 0.369 e. The highest BCUT2D eigenvalue weighted by atomic mass is 79.9. The topological polar surface area (TPSA) is 37.8 Å². The van der Waals surface area contributed by atoms with E-state index in [1.54, 1.807) is 0 Å². The van der Waals surface area contributed by atoms with Crippen LogP contribution in [0.4, 0.5) is 5.82 Å². The quantitative estimate of drug-likeness (QED) is 0.931. The second-order valence-corrected chi connectivity index (χ2v) is 4.78. The number of hydrogen-bond donors (Lipinski definition) is 1. The molecule has 3 nitrogen and oxygen atoms in total. The second-order valence-electron chi connectivity index (χ2n) is 3.46. The Balaban J connectivity index is 2.33. The van der Waals surface area contributed by atoms with Crippen molar-refractivity contribution in [3.05, 3.63) is 39.8 Å². The summed E-state index contributed by atoms with van der Waals surface area (Å²) in [5, 5.41) is 12.0. The molecule has 0 atom stereocenters. The van der Waals surface area contributed by atoms with Gasteiger partial charge < -0.3 is 5.32 Å². The van der Waals surface area contributed by atoms with Gasteiger partial charge in [-0.25, -0.2) is 0 Å². The molecular formula is C12H11BrClN3. The number of anilines is 1. The van der Waals surface area contributed by atoms with E-state index in [9.17, 15) is 0 Å². The van der Waals surface area contributed by atoms with Gasteiger partial charge in [-0.1, -0.05) is 33.6 Å².